The predicted octanol–water partition coefficient (Wildman–Crippen LogP) is 4.00. The lowest BCUT2D eigenvalue weighted by Crippen LogP contribution is -2.36. The third-order valence-electron chi connectivity index (χ3n) is 3.98. The van der Waals surface area contributed by atoms with Crippen LogP contribution in [-0.4, -0.2) is 28.1 Å². The molecule has 2 heterocycles. The number of carbonyl (C=O) groups excluding carboxylic acids is 2. The zero-order valence-corrected chi connectivity index (χ0v) is 18.0. The molecule has 0 amide bonds. The lowest BCUT2D eigenvalue weighted by Gasteiger charge is -2.32. The normalized spacial score (nSPS) is 16.0. The second-order valence-corrected chi connectivity index (χ2v) is 8.89. The SMILES string of the molecule is CC1=C(C(=O)OC(C)(C)C)C(c2ccccn2)C(C(=O)OC(C)(C)C)=C(C)N1. The van der Waals surface area contributed by atoms with Crippen molar-refractivity contribution in [2.24, 2.45) is 0 Å². The maximum absolute atomic E-state index is 13.0. The van der Waals surface area contributed by atoms with Crippen molar-refractivity contribution in [1.29, 1.82) is 0 Å². The summed E-state index contributed by atoms with van der Waals surface area (Å²) < 4.78 is 11.2. The van der Waals surface area contributed by atoms with Crippen LogP contribution in [0.2, 0.25) is 0 Å². The molecule has 0 saturated carbocycles. The summed E-state index contributed by atoms with van der Waals surface area (Å²) in [7, 11) is 0. The van der Waals surface area contributed by atoms with Gasteiger partial charge in [-0.25, -0.2) is 9.59 Å². The summed E-state index contributed by atoms with van der Waals surface area (Å²) >= 11 is 0. The fourth-order valence-corrected chi connectivity index (χ4v) is 3.04. The molecule has 0 aromatic carbocycles. The van der Waals surface area contributed by atoms with Crippen LogP contribution in [0.3, 0.4) is 0 Å². The van der Waals surface area contributed by atoms with Crippen molar-refractivity contribution < 1.29 is 19.1 Å². The van der Waals surface area contributed by atoms with Gasteiger partial charge in [-0.3, -0.25) is 4.98 Å². The highest BCUT2D eigenvalue weighted by molar-refractivity contribution is 5.99. The molecule has 1 aliphatic heterocycles. The van der Waals surface area contributed by atoms with Gasteiger partial charge in [-0.1, -0.05) is 6.07 Å². The van der Waals surface area contributed by atoms with E-state index in [1.54, 1.807) is 32.2 Å². The molecule has 0 radical (unpaired) electrons. The van der Waals surface area contributed by atoms with Gasteiger partial charge in [0.25, 0.3) is 0 Å². The molecule has 0 aliphatic carbocycles. The number of esters is 2. The molecule has 0 bridgehead atoms. The summed E-state index contributed by atoms with van der Waals surface area (Å²) in [6.07, 6.45) is 1.64. The third kappa shape index (κ3) is 5.21. The van der Waals surface area contributed by atoms with E-state index in [0.717, 1.165) is 0 Å². The molecule has 1 aromatic rings. The number of rotatable bonds is 3. The van der Waals surface area contributed by atoms with E-state index in [1.165, 1.54) is 0 Å². The topological polar surface area (TPSA) is 77.5 Å². The van der Waals surface area contributed by atoms with Crippen molar-refractivity contribution in [1.82, 2.24) is 10.3 Å². The van der Waals surface area contributed by atoms with E-state index >= 15 is 0 Å². The third-order valence-corrected chi connectivity index (χ3v) is 3.98. The maximum atomic E-state index is 13.0. The van der Waals surface area contributed by atoms with Crippen LogP contribution in [0.4, 0.5) is 0 Å². The van der Waals surface area contributed by atoms with Gasteiger partial charge in [-0.15, -0.1) is 0 Å². The van der Waals surface area contributed by atoms with Gasteiger partial charge in [-0.05, 0) is 67.5 Å². The Bertz CT molecular complexity index is 774. The first kappa shape index (κ1) is 21.7. The van der Waals surface area contributed by atoms with Gasteiger partial charge >= 0.3 is 11.9 Å². The summed E-state index contributed by atoms with van der Waals surface area (Å²) in [5.74, 6) is -1.64. The Morgan fingerprint density at radius 1 is 0.893 bits per heavy atom. The Morgan fingerprint density at radius 2 is 1.36 bits per heavy atom. The van der Waals surface area contributed by atoms with E-state index in [2.05, 4.69) is 10.3 Å². The van der Waals surface area contributed by atoms with Crippen LogP contribution in [0.25, 0.3) is 0 Å². The maximum Gasteiger partial charge on any atom is 0.337 e. The van der Waals surface area contributed by atoms with E-state index in [0.29, 0.717) is 28.2 Å². The number of ether oxygens (including phenoxy) is 2. The first-order valence-corrected chi connectivity index (χ1v) is 9.36. The largest absolute Gasteiger partial charge is 0.457 e. The van der Waals surface area contributed by atoms with E-state index in [1.807, 2.05) is 47.6 Å². The minimum Gasteiger partial charge on any atom is -0.457 e. The van der Waals surface area contributed by atoms with Gasteiger partial charge in [0, 0.05) is 17.6 Å². The Hall–Kier alpha value is -2.63. The molecule has 1 N–H and O–H groups in total. The van der Waals surface area contributed by atoms with Gasteiger partial charge < -0.3 is 14.8 Å². The van der Waals surface area contributed by atoms with Gasteiger partial charge in [0.2, 0.25) is 0 Å². The van der Waals surface area contributed by atoms with Crippen LogP contribution >= 0.6 is 0 Å². The minimum atomic E-state index is -0.674. The van der Waals surface area contributed by atoms with Gasteiger partial charge in [0.15, 0.2) is 0 Å². The number of nitrogens with zero attached hydrogens (tertiary/aromatic N) is 1. The van der Waals surface area contributed by atoms with E-state index in [4.69, 9.17) is 9.47 Å². The molecule has 152 valence electrons. The Balaban J connectivity index is 2.60. The highest BCUT2D eigenvalue weighted by atomic mass is 16.6. The van der Waals surface area contributed by atoms with Crippen LogP contribution in [0, 0.1) is 0 Å². The summed E-state index contributed by atoms with van der Waals surface area (Å²) in [6.45, 7) is 14.4. The Morgan fingerprint density at radius 3 is 1.71 bits per heavy atom. The Labute approximate surface area is 167 Å². The van der Waals surface area contributed by atoms with Crippen LogP contribution in [0.5, 0.6) is 0 Å². The molecule has 0 atom stereocenters. The summed E-state index contributed by atoms with van der Waals surface area (Å²) in [5, 5.41) is 3.14. The molecule has 0 saturated heterocycles. The molecular formula is C22H30N2O4. The second kappa shape index (κ2) is 7.78. The quantitative estimate of drug-likeness (QED) is 0.791. The number of dihydropyridines is 1. The number of allylic oxidation sites excluding steroid dienone is 2. The molecule has 0 unspecified atom stereocenters. The zero-order chi connectivity index (χ0) is 21.3. The Kier molecular flexibility index (Phi) is 6.02. The number of hydrogen-bond acceptors (Lipinski definition) is 6. The van der Waals surface area contributed by atoms with E-state index in [9.17, 15) is 9.59 Å². The molecule has 28 heavy (non-hydrogen) atoms. The number of aromatic nitrogens is 1. The first-order chi connectivity index (χ1) is 12.8. The van der Waals surface area contributed by atoms with Gasteiger partial charge in [0.1, 0.15) is 11.2 Å². The molecular weight excluding hydrogens is 356 g/mol. The van der Waals surface area contributed by atoms with Crippen LogP contribution in [0.1, 0.15) is 67.0 Å². The van der Waals surface area contributed by atoms with Crippen molar-refractivity contribution in [2.75, 3.05) is 0 Å². The fourth-order valence-electron chi connectivity index (χ4n) is 3.04. The molecule has 0 spiro atoms. The average molecular weight is 386 g/mol. The first-order valence-electron chi connectivity index (χ1n) is 9.36. The zero-order valence-electron chi connectivity index (χ0n) is 18.0. The highest BCUT2D eigenvalue weighted by Gasteiger charge is 2.40. The summed E-state index contributed by atoms with van der Waals surface area (Å²) in [4.78, 5) is 30.5. The fraction of sp³-hybridized carbons (Fsp3) is 0.500. The van der Waals surface area contributed by atoms with E-state index < -0.39 is 29.1 Å². The second-order valence-electron chi connectivity index (χ2n) is 8.89. The number of nitrogens with one attached hydrogen (secondary N) is 1. The minimum absolute atomic E-state index is 0.361. The monoisotopic (exact) mass is 386 g/mol. The molecule has 1 aromatic heterocycles. The van der Waals surface area contributed by atoms with E-state index in [-0.39, 0.29) is 0 Å². The smallest absolute Gasteiger partial charge is 0.337 e. The average Bonchev–Trinajstić information content (AvgIpc) is 2.51. The molecule has 1 aliphatic rings. The summed E-state index contributed by atoms with van der Waals surface area (Å²) in [5.41, 5.74) is 1.25. The molecule has 6 nitrogen and oxygen atoms in total. The van der Waals surface area contributed by atoms with Crippen LogP contribution in [-0.2, 0) is 19.1 Å². The molecule has 0 fully saturated rings. The van der Waals surface area contributed by atoms with Crippen LogP contribution < -0.4 is 5.32 Å². The predicted molar refractivity (Wildman–Crippen MR) is 107 cm³/mol. The van der Waals surface area contributed by atoms with Crippen LogP contribution in [0.15, 0.2) is 46.9 Å². The number of hydrogen-bond donors (Lipinski definition) is 1. The van der Waals surface area contributed by atoms with Crippen molar-refractivity contribution in [2.45, 2.75) is 72.5 Å². The number of carbonyl (C=O) groups is 2. The lowest BCUT2D eigenvalue weighted by atomic mass is 9.82. The molecule has 2 rings (SSSR count). The lowest BCUT2D eigenvalue weighted by molar-refractivity contribution is -0.150. The van der Waals surface area contributed by atoms with Crippen molar-refractivity contribution >= 4 is 11.9 Å². The van der Waals surface area contributed by atoms with Crippen molar-refractivity contribution in [3.63, 3.8) is 0 Å². The number of pyridine rings is 1. The standard InChI is InChI=1S/C22H30N2O4/c1-13-16(19(25)27-21(3,4)5)18(15-11-9-10-12-23-15)17(14(2)24-13)20(26)28-22(6,7)8/h9-12,18,24H,1-8H3. The molecule has 6 heteroatoms. The van der Waals surface area contributed by atoms with Gasteiger partial charge in [-0.2, -0.15) is 0 Å². The van der Waals surface area contributed by atoms with Crippen molar-refractivity contribution in [3.05, 3.63) is 52.6 Å². The summed E-state index contributed by atoms with van der Waals surface area (Å²) in [6, 6.07) is 5.41. The van der Waals surface area contributed by atoms with Gasteiger partial charge in [0.05, 0.1) is 22.8 Å². The van der Waals surface area contributed by atoms with Crippen molar-refractivity contribution in [3.8, 4) is 0 Å². The highest BCUT2D eigenvalue weighted by Crippen LogP contribution is 2.39.